The first-order chi connectivity index (χ1) is 7.11. The summed E-state index contributed by atoms with van der Waals surface area (Å²) in [5.74, 6) is 0. The van der Waals surface area contributed by atoms with E-state index in [0.717, 1.165) is 0 Å². The van der Waals surface area contributed by atoms with Crippen molar-refractivity contribution in [3.8, 4) is 0 Å². The minimum Gasteiger partial charge on any atom is -0.412 e. The Hall–Kier alpha value is -1.31. The second-order valence-corrected chi connectivity index (χ2v) is 1.12. The topological polar surface area (TPSA) is 306 Å². The van der Waals surface area contributed by atoms with Gasteiger partial charge in [0.2, 0.25) is 0 Å². The van der Waals surface area contributed by atoms with E-state index in [-0.39, 0.29) is 62.1 Å². The van der Waals surface area contributed by atoms with Crippen molar-refractivity contribution in [1.29, 1.82) is 0 Å². The molecule has 0 rings (SSSR count). The van der Waals surface area contributed by atoms with Crippen molar-refractivity contribution in [2.75, 3.05) is 13.2 Å². The van der Waals surface area contributed by atoms with Crippen molar-refractivity contribution in [3.05, 3.63) is 46.0 Å². The number of rotatable bonds is 1. The van der Waals surface area contributed by atoms with Gasteiger partial charge in [-0.1, -0.05) is 0 Å². The van der Waals surface area contributed by atoms with Crippen LogP contribution in [0.5, 0.6) is 0 Å². The van der Waals surface area contributed by atoms with E-state index >= 15 is 0 Å². The van der Waals surface area contributed by atoms with Gasteiger partial charge in [0.1, 0.15) is 0 Å². The molecular formula is C2H11ErN4O12. The summed E-state index contributed by atoms with van der Waals surface area (Å²) < 4.78 is 0. The van der Waals surface area contributed by atoms with Crippen molar-refractivity contribution in [3.63, 3.8) is 0 Å². The molecule has 0 bridgehead atoms. The minimum atomic E-state index is -1.75. The molecule has 17 heteroatoms. The van der Waals surface area contributed by atoms with Gasteiger partial charge >= 0.3 is 37.3 Å². The summed E-state index contributed by atoms with van der Waals surface area (Å²) in [5, 5.41) is 59.5. The van der Waals surface area contributed by atoms with Gasteiger partial charge in [-0.3, -0.25) is 0 Å². The molecular weight excluding hydrogens is 439 g/mol. The Morgan fingerprint density at radius 2 is 0.737 bits per heavy atom. The van der Waals surface area contributed by atoms with Crippen molar-refractivity contribution in [2.45, 2.75) is 0 Å². The molecule has 0 saturated carbocycles. The molecule has 0 aromatic carbocycles. The van der Waals surface area contributed by atoms with Gasteiger partial charge in [0.15, 0.2) is 0 Å². The van der Waals surface area contributed by atoms with Crippen LogP contribution in [0.1, 0.15) is 0 Å². The van der Waals surface area contributed by atoms with E-state index in [0.29, 0.717) is 0 Å². The molecule has 0 aliphatic heterocycles. The predicted octanol–water partition coefficient (Wildman–Crippen LogP) is -2.41. The van der Waals surface area contributed by atoms with E-state index in [9.17, 15) is 0 Å². The Morgan fingerprint density at radius 1 is 0.684 bits per heavy atom. The maximum Gasteiger partial charge on any atom is 3.00 e. The van der Waals surface area contributed by atoms with Crippen LogP contribution in [0.4, 0.5) is 0 Å². The van der Waals surface area contributed by atoms with E-state index < -0.39 is 15.3 Å². The van der Waals surface area contributed by atoms with E-state index in [2.05, 4.69) is 0 Å². The normalized spacial score (nSPS) is 5.37. The van der Waals surface area contributed by atoms with Gasteiger partial charge in [0, 0.05) is 0 Å². The van der Waals surface area contributed by atoms with Crippen LogP contribution in [0, 0.1) is 83.3 Å². The van der Waals surface area contributed by atoms with Gasteiger partial charge in [-0.15, -0.1) is 0 Å². The Balaban J connectivity index is -0.0000000192. The maximum absolute atomic E-state index is 8.25. The Bertz CT molecular complexity index is 146. The largest absolute Gasteiger partial charge is 3.00 e. The van der Waals surface area contributed by atoms with E-state index in [1.807, 2.05) is 0 Å². The Morgan fingerprint density at radius 3 is 0.737 bits per heavy atom. The summed E-state index contributed by atoms with van der Waals surface area (Å²) in [6.07, 6.45) is 0. The summed E-state index contributed by atoms with van der Waals surface area (Å²) in [4.78, 5) is 24.8. The summed E-state index contributed by atoms with van der Waals surface area (Å²) in [6, 6.07) is 0. The molecule has 0 unspecified atom stereocenters. The van der Waals surface area contributed by atoms with Gasteiger partial charge in [-0.05, 0) is 0 Å². The summed E-state index contributed by atoms with van der Waals surface area (Å²) in [5.41, 5.74) is 0. The predicted molar refractivity (Wildman–Crippen MR) is 53.9 cm³/mol. The van der Waals surface area contributed by atoms with Crippen molar-refractivity contribution < 1.29 is 68.3 Å². The van der Waals surface area contributed by atoms with Crippen molar-refractivity contribution in [1.82, 2.24) is 6.15 Å². The standard InChI is InChI=1S/C2H6O2.Er.3NO3.H3N.H2O/c3-1-2-4;;3*2-1(3)4;;/h3-4H,1-2H2;;;;;1H3;1H2/q;+3;3*-1;;. The number of aliphatic hydroxyl groups is 2. The summed E-state index contributed by atoms with van der Waals surface area (Å²) >= 11 is 0. The summed E-state index contributed by atoms with van der Waals surface area (Å²) in [7, 11) is 0. The van der Waals surface area contributed by atoms with Crippen molar-refractivity contribution in [2.24, 2.45) is 0 Å². The van der Waals surface area contributed by atoms with Crippen molar-refractivity contribution >= 4 is 0 Å². The Kier molecular flexibility index (Phi) is 99.3. The average molecular weight is 450 g/mol. The molecule has 0 spiro atoms. The summed E-state index contributed by atoms with van der Waals surface area (Å²) in [6.45, 7) is -0.250. The van der Waals surface area contributed by atoms with E-state index in [1.165, 1.54) is 0 Å². The van der Waals surface area contributed by atoms with Crippen LogP contribution in [-0.4, -0.2) is 44.2 Å². The fourth-order valence-corrected chi connectivity index (χ4v) is 0. The third-order valence-corrected chi connectivity index (χ3v) is 0.1000. The molecule has 16 nitrogen and oxygen atoms in total. The van der Waals surface area contributed by atoms with E-state index in [4.69, 9.17) is 56.2 Å². The van der Waals surface area contributed by atoms with Crippen LogP contribution in [0.2, 0.25) is 0 Å². The number of aliphatic hydroxyl groups excluding tert-OH is 2. The molecule has 1 radical (unpaired) electrons. The third kappa shape index (κ3) is 36700. The van der Waals surface area contributed by atoms with E-state index in [1.54, 1.807) is 0 Å². The second-order valence-electron chi connectivity index (χ2n) is 1.12. The van der Waals surface area contributed by atoms with Gasteiger partial charge in [0.05, 0.1) is 28.5 Å². The zero-order chi connectivity index (χ0) is 14.1. The van der Waals surface area contributed by atoms with Crippen LogP contribution in [0.3, 0.4) is 0 Å². The van der Waals surface area contributed by atoms with Crippen LogP contribution < -0.4 is 6.15 Å². The first-order valence-corrected chi connectivity index (χ1v) is 2.78. The Labute approximate surface area is 133 Å². The van der Waals surface area contributed by atoms with Gasteiger partial charge in [-0.2, -0.15) is 0 Å². The second kappa shape index (κ2) is 43.8. The molecule has 19 heavy (non-hydrogen) atoms. The fourth-order valence-electron chi connectivity index (χ4n) is 0. The molecule has 0 aliphatic carbocycles. The number of hydrogen-bond donors (Lipinski definition) is 3. The SMILES string of the molecule is N.O.O=[N+]([O-])[O-].O=[N+]([O-])[O-].O=[N+]([O-])[O-].OCCO.[Er+3]. The van der Waals surface area contributed by atoms with Crippen LogP contribution in [0.25, 0.3) is 0 Å². The maximum atomic E-state index is 8.25. The minimum absolute atomic E-state index is 0. The zero-order valence-corrected chi connectivity index (χ0v) is 10.7. The molecule has 7 N–H and O–H groups in total. The molecule has 0 saturated heterocycles. The molecule has 0 heterocycles. The molecule has 0 amide bonds. The zero-order valence-electron chi connectivity index (χ0n) is 8.82. The first kappa shape index (κ1) is 43.1. The van der Waals surface area contributed by atoms with Gasteiger partial charge in [0.25, 0.3) is 0 Å². The molecule has 0 aromatic rings. The monoisotopic (exact) mass is 449 g/mol. The van der Waals surface area contributed by atoms with Gasteiger partial charge in [-0.25, -0.2) is 0 Å². The van der Waals surface area contributed by atoms with Gasteiger partial charge < -0.3 is 67.8 Å². The fraction of sp³-hybridized carbons (Fsp3) is 1.00. The average Bonchev–Trinajstić information content (AvgIpc) is 2.00. The number of hydrogen-bond acceptors (Lipinski definition) is 12. The molecule has 123 valence electrons. The molecule has 0 atom stereocenters. The van der Waals surface area contributed by atoms with Crippen LogP contribution >= 0.6 is 0 Å². The molecule has 0 aliphatic rings. The first-order valence-electron chi connectivity index (χ1n) is 2.78. The smallest absolute Gasteiger partial charge is 0.412 e. The molecule has 0 fully saturated rings. The number of nitrogens with zero attached hydrogens (tertiary/aromatic N) is 3. The van der Waals surface area contributed by atoms with Crippen LogP contribution in [0.15, 0.2) is 0 Å². The molecule has 0 aromatic heterocycles. The quantitative estimate of drug-likeness (QED) is 0.278. The van der Waals surface area contributed by atoms with Crippen LogP contribution in [-0.2, 0) is 0 Å². The third-order valence-electron chi connectivity index (χ3n) is 0.1000.